The molecule has 4 aliphatic rings. The molecule has 5 rings (SSSR count). The van der Waals surface area contributed by atoms with Crippen molar-refractivity contribution in [2.45, 2.75) is 37.3 Å². The fraction of sp³-hybridized carbons (Fsp3) is 0.481. The summed E-state index contributed by atoms with van der Waals surface area (Å²) in [5, 5.41) is 47.8. The van der Waals surface area contributed by atoms with Crippen molar-refractivity contribution < 1.29 is 39.6 Å². The first-order valence-corrected chi connectivity index (χ1v) is 12.7. The van der Waals surface area contributed by atoms with Crippen LogP contribution in [0.3, 0.4) is 0 Å². The molecule has 39 heavy (non-hydrogen) atoms. The number of aliphatic hydroxyl groups is 3. The first-order chi connectivity index (χ1) is 18.2. The van der Waals surface area contributed by atoms with Crippen molar-refractivity contribution in [2.24, 2.45) is 23.5 Å². The lowest BCUT2D eigenvalue weighted by atomic mass is 9.58. The quantitative estimate of drug-likeness (QED) is 0.227. The van der Waals surface area contributed by atoms with Crippen LogP contribution in [0, 0.1) is 17.8 Å². The molecular formula is C27H32N4O8. The van der Waals surface area contributed by atoms with Gasteiger partial charge >= 0.3 is 0 Å². The minimum atomic E-state index is -2.71. The number of phenols is 1. The topological polar surface area (TPSA) is 194 Å². The first kappa shape index (κ1) is 26.7. The molecule has 0 heterocycles. The molecular weight excluding hydrogens is 508 g/mol. The van der Waals surface area contributed by atoms with E-state index in [1.807, 2.05) is 0 Å². The van der Waals surface area contributed by atoms with E-state index in [2.05, 4.69) is 5.32 Å². The van der Waals surface area contributed by atoms with Gasteiger partial charge in [-0.05, 0) is 57.3 Å². The van der Waals surface area contributed by atoms with Crippen LogP contribution in [0.25, 0.3) is 0 Å². The summed E-state index contributed by atoms with van der Waals surface area (Å²) in [6.07, 6.45) is 1.63. The number of anilines is 2. The van der Waals surface area contributed by atoms with Crippen LogP contribution >= 0.6 is 0 Å². The number of rotatable bonds is 5. The van der Waals surface area contributed by atoms with Gasteiger partial charge in [0.15, 0.2) is 17.1 Å². The number of aliphatic hydroxyl groups excluding tert-OH is 2. The molecule has 0 radical (unpaired) electrons. The highest BCUT2D eigenvalue weighted by Crippen LogP contribution is 2.54. The fourth-order valence-electron chi connectivity index (χ4n) is 6.37. The van der Waals surface area contributed by atoms with Crippen molar-refractivity contribution in [3.8, 4) is 5.75 Å². The molecule has 4 aliphatic carbocycles. The number of nitrogens with one attached hydrogen (secondary N) is 1. The lowest BCUT2D eigenvalue weighted by Gasteiger charge is -2.50. The molecule has 2 unspecified atom stereocenters. The van der Waals surface area contributed by atoms with Crippen LogP contribution in [0.1, 0.15) is 35.2 Å². The van der Waals surface area contributed by atoms with E-state index in [0.29, 0.717) is 11.3 Å². The number of hydrogen-bond donors (Lipinski definition) is 6. The van der Waals surface area contributed by atoms with Gasteiger partial charge in [0.05, 0.1) is 17.3 Å². The molecule has 4 atom stereocenters. The van der Waals surface area contributed by atoms with E-state index >= 15 is 0 Å². The number of carbonyl (C=O) groups is 4. The highest BCUT2D eigenvalue weighted by Gasteiger charge is 2.63. The molecule has 1 saturated carbocycles. The summed E-state index contributed by atoms with van der Waals surface area (Å²) in [5.74, 6) is -7.61. The summed E-state index contributed by atoms with van der Waals surface area (Å²) in [6.45, 7) is 0. The number of ketones is 2. The molecule has 0 bridgehead atoms. The number of fused-ring (bicyclic) bond motifs is 3. The summed E-state index contributed by atoms with van der Waals surface area (Å²) in [4.78, 5) is 55.2. The summed E-state index contributed by atoms with van der Waals surface area (Å²) < 4.78 is 0. The van der Waals surface area contributed by atoms with E-state index in [1.54, 1.807) is 39.2 Å². The zero-order valence-corrected chi connectivity index (χ0v) is 22.1. The molecule has 0 aromatic heterocycles. The predicted molar refractivity (Wildman–Crippen MR) is 139 cm³/mol. The number of aromatic hydroxyl groups is 1. The minimum absolute atomic E-state index is 0.000437. The van der Waals surface area contributed by atoms with Gasteiger partial charge in [0.1, 0.15) is 17.1 Å². The van der Waals surface area contributed by atoms with Crippen molar-refractivity contribution in [1.29, 1.82) is 0 Å². The molecule has 1 aromatic carbocycles. The maximum absolute atomic E-state index is 14.0. The van der Waals surface area contributed by atoms with Crippen molar-refractivity contribution >= 4 is 34.8 Å². The van der Waals surface area contributed by atoms with Crippen molar-refractivity contribution in [1.82, 2.24) is 4.90 Å². The number of nitrogens with two attached hydrogens (primary N) is 1. The molecule has 0 aliphatic heterocycles. The van der Waals surface area contributed by atoms with E-state index in [1.165, 1.54) is 4.90 Å². The third-order valence-corrected chi connectivity index (χ3v) is 8.39. The molecule has 2 amide bonds. The van der Waals surface area contributed by atoms with Gasteiger partial charge in [-0.3, -0.25) is 24.1 Å². The average molecular weight is 541 g/mol. The van der Waals surface area contributed by atoms with Gasteiger partial charge in [-0.15, -0.1) is 0 Å². The smallest absolute Gasteiger partial charge is 0.255 e. The highest BCUT2D eigenvalue weighted by molar-refractivity contribution is 6.25. The van der Waals surface area contributed by atoms with Gasteiger partial charge in [-0.25, -0.2) is 0 Å². The van der Waals surface area contributed by atoms with E-state index in [-0.39, 0.29) is 41.5 Å². The van der Waals surface area contributed by atoms with Crippen LogP contribution in [-0.2, 0) is 20.8 Å². The SMILES string of the molecule is CN(C)c1cc(NC(=O)C2CC2)c(O)c2c1CC1CC3[C@H](N(C)C)C(O)=C(C(N)=O)C(=O)[C@@]3(O)C(O)=C1C2=O. The van der Waals surface area contributed by atoms with Crippen molar-refractivity contribution in [2.75, 3.05) is 38.4 Å². The number of benzene rings is 1. The third kappa shape index (κ3) is 3.73. The van der Waals surface area contributed by atoms with Crippen molar-refractivity contribution in [3.05, 3.63) is 39.9 Å². The number of primary amides is 1. The lowest BCUT2D eigenvalue weighted by molar-refractivity contribution is -0.148. The second kappa shape index (κ2) is 8.82. The zero-order chi connectivity index (χ0) is 28.7. The number of allylic oxidation sites excluding steroid dienone is 1. The van der Waals surface area contributed by atoms with E-state index in [4.69, 9.17) is 5.73 Å². The Hall–Kier alpha value is -3.90. The van der Waals surface area contributed by atoms with Crippen LogP contribution in [-0.4, -0.2) is 88.5 Å². The molecule has 1 aromatic rings. The molecule has 12 nitrogen and oxygen atoms in total. The van der Waals surface area contributed by atoms with Gasteiger partial charge in [0, 0.05) is 37.2 Å². The lowest BCUT2D eigenvalue weighted by Crippen LogP contribution is -2.63. The van der Waals surface area contributed by atoms with Gasteiger partial charge in [0.2, 0.25) is 11.7 Å². The molecule has 0 saturated heterocycles. The van der Waals surface area contributed by atoms with Crippen molar-refractivity contribution in [3.63, 3.8) is 0 Å². The monoisotopic (exact) mass is 540 g/mol. The van der Waals surface area contributed by atoms with Crippen LogP contribution in [0.5, 0.6) is 5.75 Å². The second-order valence-corrected chi connectivity index (χ2v) is 11.3. The number of nitrogens with zero attached hydrogens (tertiary/aromatic N) is 2. The Morgan fingerprint density at radius 2 is 1.74 bits per heavy atom. The summed E-state index contributed by atoms with van der Waals surface area (Å²) in [5.41, 5.74) is 2.51. The maximum Gasteiger partial charge on any atom is 0.255 e. The normalized spacial score (nSPS) is 28.2. The fourth-order valence-corrected chi connectivity index (χ4v) is 6.37. The number of hydrogen-bond acceptors (Lipinski definition) is 10. The van der Waals surface area contributed by atoms with Crippen LogP contribution < -0.4 is 16.0 Å². The minimum Gasteiger partial charge on any atom is -0.510 e. The number of Topliss-reactive ketones (excluding diaryl/α,β-unsaturated/α-hetero) is 2. The van der Waals surface area contributed by atoms with Crippen LogP contribution in [0.2, 0.25) is 0 Å². The van der Waals surface area contributed by atoms with E-state index in [9.17, 15) is 39.6 Å². The summed E-state index contributed by atoms with van der Waals surface area (Å²) in [7, 11) is 6.66. The summed E-state index contributed by atoms with van der Waals surface area (Å²) in [6, 6.07) is 0.535. The molecule has 12 heteroatoms. The van der Waals surface area contributed by atoms with Crippen LogP contribution in [0.4, 0.5) is 11.4 Å². The van der Waals surface area contributed by atoms with Gasteiger partial charge in [-0.1, -0.05) is 0 Å². The highest BCUT2D eigenvalue weighted by atomic mass is 16.3. The standard InChI is InChI=1S/C27H32N4O8/c1-30(2)15-9-14(29-26(38)10-5-6-10)20(32)17-12(15)7-11-8-13-19(31(3)4)22(34)18(25(28)37)24(36)27(13,39)23(35)16(11)21(17)33/h9-11,13,19,32,34-35,39H,5-8H2,1-4H3,(H2,28,37)(H,29,38)/t11?,13?,19-,27-/m0/s1. The summed E-state index contributed by atoms with van der Waals surface area (Å²) >= 11 is 0. The third-order valence-electron chi connectivity index (χ3n) is 8.39. The average Bonchev–Trinajstić information content (AvgIpc) is 3.68. The van der Waals surface area contributed by atoms with E-state index in [0.717, 1.165) is 12.8 Å². The number of likely N-dealkylation sites (N-methyl/N-ethyl adjacent to an activating group) is 1. The first-order valence-electron chi connectivity index (χ1n) is 12.7. The Morgan fingerprint density at radius 3 is 2.28 bits per heavy atom. The van der Waals surface area contributed by atoms with Gasteiger partial charge in [-0.2, -0.15) is 0 Å². The number of amides is 2. The Morgan fingerprint density at radius 1 is 1.10 bits per heavy atom. The molecule has 208 valence electrons. The molecule has 7 N–H and O–H groups in total. The Bertz CT molecular complexity index is 1410. The molecule has 0 spiro atoms. The zero-order valence-electron chi connectivity index (χ0n) is 22.1. The Kier molecular flexibility index (Phi) is 6.03. The van der Waals surface area contributed by atoms with Crippen LogP contribution in [0.15, 0.2) is 28.7 Å². The molecule has 1 fully saturated rings. The largest absolute Gasteiger partial charge is 0.510 e. The predicted octanol–water partition coefficient (Wildman–Crippen LogP) is 0.535. The number of phenolic OH excluding ortho intramolecular Hbond substituents is 1. The van der Waals surface area contributed by atoms with Gasteiger partial charge < -0.3 is 36.4 Å². The Balaban J connectivity index is 1.70. The van der Waals surface area contributed by atoms with Gasteiger partial charge in [0.25, 0.3) is 5.91 Å². The Labute approximate surface area is 224 Å². The maximum atomic E-state index is 14.0. The van der Waals surface area contributed by atoms with E-state index < -0.39 is 63.8 Å². The number of carbonyl (C=O) groups excluding carboxylic acids is 4. The second-order valence-electron chi connectivity index (χ2n) is 11.3.